The molecule has 1 unspecified atom stereocenters. The number of ether oxygens (including phenoxy) is 1. The Morgan fingerprint density at radius 1 is 1.27 bits per heavy atom. The molecule has 1 fully saturated rings. The van der Waals surface area contributed by atoms with E-state index in [-0.39, 0.29) is 24.1 Å². The molecule has 3 N–H and O–H groups in total. The number of imide groups is 1. The predicted molar refractivity (Wildman–Crippen MR) is 91.0 cm³/mol. The molecule has 2 aliphatic rings. The first-order valence-electron chi connectivity index (χ1n) is 8.64. The maximum Gasteiger partial charge on any atom is 0.255 e. The van der Waals surface area contributed by atoms with E-state index in [0.29, 0.717) is 50.1 Å². The van der Waals surface area contributed by atoms with Crippen molar-refractivity contribution in [3.63, 3.8) is 0 Å². The number of benzene rings is 1. The van der Waals surface area contributed by atoms with E-state index in [4.69, 9.17) is 10.5 Å². The normalized spacial score (nSPS) is 19.3. The largest absolute Gasteiger partial charge is 0.494 e. The maximum absolute atomic E-state index is 12.6. The molecule has 1 aromatic rings. The van der Waals surface area contributed by atoms with Gasteiger partial charge in [-0.15, -0.1) is 0 Å². The number of amides is 4. The highest BCUT2D eigenvalue weighted by Crippen LogP contribution is 2.30. The molecule has 1 atom stereocenters. The van der Waals surface area contributed by atoms with Crippen LogP contribution < -0.4 is 15.8 Å². The average Bonchev–Trinajstić information content (AvgIpc) is 2.90. The van der Waals surface area contributed by atoms with Gasteiger partial charge < -0.3 is 15.4 Å². The molecule has 8 nitrogen and oxygen atoms in total. The highest BCUT2D eigenvalue weighted by atomic mass is 16.5. The van der Waals surface area contributed by atoms with Crippen LogP contribution in [0.15, 0.2) is 18.2 Å². The van der Waals surface area contributed by atoms with E-state index < -0.39 is 11.9 Å². The minimum absolute atomic E-state index is 0.206. The number of hydrogen-bond donors (Lipinski definition) is 2. The van der Waals surface area contributed by atoms with Crippen LogP contribution in [0.3, 0.4) is 0 Å². The van der Waals surface area contributed by atoms with E-state index in [1.54, 1.807) is 18.2 Å². The second kappa shape index (κ2) is 7.55. The highest BCUT2D eigenvalue weighted by Gasteiger charge is 2.39. The van der Waals surface area contributed by atoms with Crippen molar-refractivity contribution in [1.29, 1.82) is 0 Å². The molecular formula is C18H21N3O5. The van der Waals surface area contributed by atoms with Crippen LogP contribution in [0.1, 0.15) is 48.0 Å². The third-order valence-electron chi connectivity index (χ3n) is 4.58. The van der Waals surface area contributed by atoms with Gasteiger partial charge in [0.05, 0.1) is 6.61 Å². The van der Waals surface area contributed by atoms with Crippen molar-refractivity contribution in [1.82, 2.24) is 10.2 Å². The Labute approximate surface area is 150 Å². The molecule has 1 saturated heterocycles. The van der Waals surface area contributed by atoms with E-state index in [1.165, 1.54) is 4.90 Å². The lowest BCUT2D eigenvalue weighted by atomic mass is 10.0. The summed E-state index contributed by atoms with van der Waals surface area (Å²) in [6.45, 7) is 0.774. The second-order valence-corrected chi connectivity index (χ2v) is 6.49. The number of fused-ring (bicyclic) bond motifs is 1. The number of carbonyl (C=O) groups excluding carboxylic acids is 4. The molecule has 0 saturated carbocycles. The zero-order valence-electron chi connectivity index (χ0n) is 14.3. The molecule has 0 aliphatic carbocycles. The molecule has 0 bridgehead atoms. The standard InChI is InChI=1S/C18H21N3O5/c19-15(22)3-1-2-8-26-12-4-5-13-11(9-12)10-21(18(13)25)14-6-7-16(23)20-17(14)24/h4-5,9,14H,1-3,6-8,10H2,(H2,19,22)(H,20,23,24). The van der Waals surface area contributed by atoms with E-state index in [1.807, 2.05) is 0 Å². The molecular weight excluding hydrogens is 338 g/mol. The third kappa shape index (κ3) is 3.84. The molecule has 2 heterocycles. The van der Waals surface area contributed by atoms with Gasteiger partial charge in [-0.25, -0.2) is 0 Å². The molecule has 0 radical (unpaired) electrons. The summed E-state index contributed by atoms with van der Waals surface area (Å²) in [7, 11) is 0. The minimum atomic E-state index is -0.620. The van der Waals surface area contributed by atoms with Gasteiger partial charge in [-0.2, -0.15) is 0 Å². The van der Waals surface area contributed by atoms with E-state index in [2.05, 4.69) is 5.32 Å². The highest BCUT2D eigenvalue weighted by molar-refractivity contribution is 6.05. The Morgan fingerprint density at radius 2 is 2.08 bits per heavy atom. The van der Waals surface area contributed by atoms with Crippen LogP contribution in [0.4, 0.5) is 0 Å². The minimum Gasteiger partial charge on any atom is -0.494 e. The summed E-state index contributed by atoms with van der Waals surface area (Å²) in [4.78, 5) is 48.1. The van der Waals surface area contributed by atoms with Gasteiger partial charge in [-0.1, -0.05) is 0 Å². The number of rotatable bonds is 7. The van der Waals surface area contributed by atoms with Crippen LogP contribution in [0.5, 0.6) is 5.75 Å². The van der Waals surface area contributed by atoms with Crippen LogP contribution >= 0.6 is 0 Å². The molecule has 2 aliphatic heterocycles. The van der Waals surface area contributed by atoms with E-state index >= 15 is 0 Å². The average molecular weight is 359 g/mol. The van der Waals surface area contributed by atoms with Gasteiger partial charge in [0.15, 0.2) is 0 Å². The summed E-state index contributed by atoms with van der Waals surface area (Å²) in [5.41, 5.74) is 6.44. The van der Waals surface area contributed by atoms with Crippen LogP contribution in [-0.4, -0.2) is 41.2 Å². The van der Waals surface area contributed by atoms with Gasteiger partial charge in [0, 0.05) is 24.9 Å². The van der Waals surface area contributed by atoms with Crippen LogP contribution in [0, 0.1) is 0 Å². The monoisotopic (exact) mass is 359 g/mol. The fourth-order valence-electron chi connectivity index (χ4n) is 3.23. The Balaban J connectivity index is 1.60. The lowest BCUT2D eigenvalue weighted by molar-refractivity contribution is -0.137. The van der Waals surface area contributed by atoms with E-state index in [9.17, 15) is 19.2 Å². The zero-order valence-corrected chi connectivity index (χ0v) is 14.3. The SMILES string of the molecule is NC(=O)CCCCOc1ccc2c(c1)CN(C1CCC(=O)NC1=O)C2=O. The van der Waals surface area contributed by atoms with Crippen molar-refractivity contribution in [3.8, 4) is 5.75 Å². The number of nitrogens with one attached hydrogen (secondary N) is 1. The molecule has 0 spiro atoms. The number of nitrogens with zero attached hydrogens (tertiary/aromatic N) is 1. The van der Waals surface area contributed by atoms with Crippen molar-refractivity contribution in [2.75, 3.05) is 6.61 Å². The van der Waals surface area contributed by atoms with E-state index in [0.717, 1.165) is 5.56 Å². The lowest BCUT2D eigenvalue weighted by Crippen LogP contribution is -2.52. The Kier molecular flexibility index (Phi) is 5.20. The smallest absolute Gasteiger partial charge is 0.255 e. The molecule has 4 amide bonds. The zero-order chi connectivity index (χ0) is 18.7. The third-order valence-corrected chi connectivity index (χ3v) is 4.58. The van der Waals surface area contributed by atoms with Crippen LogP contribution in [0.2, 0.25) is 0 Å². The number of piperidine rings is 1. The van der Waals surface area contributed by atoms with Gasteiger partial charge in [-0.05, 0) is 43.0 Å². The lowest BCUT2D eigenvalue weighted by Gasteiger charge is -2.29. The Bertz CT molecular complexity index is 761. The second-order valence-electron chi connectivity index (χ2n) is 6.49. The maximum atomic E-state index is 12.6. The number of hydrogen-bond acceptors (Lipinski definition) is 5. The molecule has 1 aromatic carbocycles. The van der Waals surface area contributed by atoms with Gasteiger partial charge in [0.25, 0.3) is 5.91 Å². The van der Waals surface area contributed by atoms with Crippen molar-refractivity contribution in [2.45, 2.75) is 44.7 Å². The fourth-order valence-corrected chi connectivity index (χ4v) is 3.23. The number of unbranched alkanes of at least 4 members (excludes halogenated alkanes) is 1. The molecule has 3 rings (SSSR count). The predicted octanol–water partition coefficient (Wildman–Crippen LogP) is 0.482. The first kappa shape index (κ1) is 17.9. The van der Waals surface area contributed by atoms with Gasteiger partial charge in [0.2, 0.25) is 17.7 Å². The van der Waals surface area contributed by atoms with Crippen molar-refractivity contribution in [2.24, 2.45) is 5.73 Å². The Morgan fingerprint density at radius 3 is 2.81 bits per heavy atom. The van der Waals surface area contributed by atoms with Gasteiger partial charge in [0.1, 0.15) is 11.8 Å². The Hall–Kier alpha value is -2.90. The van der Waals surface area contributed by atoms with Crippen molar-refractivity contribution in [3.05, 3.63) is 29.3 Å². The van der Waals surface area contributed by atoms with Gasteiger partial charge >= 0.3 is 0 Å². The number of primary amides is 1. The van der Waals surface area contributed by atoms with Crippen LogP contribution in [-0.2, 0) is 20.9 Å². The van der Waals surface area contributed by atoms with Crippen LogP contribution in [0.25, 0.3) is 0 Å². The molecule has 0 aromatic heterocycles. The number of carbonyl (C=O) groups is 4. The number of nitrogens with two attached hydrogens (primary N) is 1. The summed E-state index contributed by atoms with van der Waals surface area (Å²) >= 11 is 0. The van der Waals surface area contributed by atoms with Crippen molar-refractivity contribution < 1.29 is 23.9 Å². The summed E-state index contributed by atoms with van der Waals surface area (Å²) in [5.74, 6) is -0.617. The summed E-state index contributed by atoms with van der Waals surface area (Å²) in [6.07, 6.45) is 2.29. The quantitative estimate of drug-likeness (QED) is 0.542. The molecule has 8 heteroatoms. The topological polar surface area (TPSA) is 119 Å². The molecule has 138 valence electrons. The first-order chi connectivity index (χ1) is 12.5. The molecule has 26 heavy (non-hydrogen) atoms. The summed E-state index contributed by atoms with van der Waals surface area (Å²) in [6, 6.07) is 4.60. The fraction of sp³-hybridized carbons (Fsp3) is 0.444. The summed E-state index contributed by atoms with van der Waals surface area (Å²) in [5, 5.41) is 2.28. The van der Waals surface area contributed by atoms with Gasteiger partial charge in [-0.3, -0.25) is 24.5 Å². The first-order valence-corrected chi connectivity index (χ1v) is 8.64. The summed E-state index contributed by atoms with van der Waals surface area (Å²) < 4.78 is 5.66. The van der Waals surface area contributed by atoms with Crippen molar-refractivity contribution >= 4 is 23.6 Å².